The van der Waals surface area contributed by atoms with Gasteiger partial charge in [-0.05, 0) is 40.3 Å². The standard InChI is InChI=1S/C18H31N3/c1-15-10-16(2)12-17(11-15)13-19-14-18(3,4)21-8-6-20(5)7-9-21/h10-12,19H,6-9,13-14H2,1-5H3. The number of nitrogens with zero attached hydrogens (tertiary/aromatic N) is 2. The summed E-state index contributed by atoms with van der Waals surface area (Å²) in [4.78, 5) is 5.02. The molecule has 0 aliphatic carbocycles. The third-order valence-corrected chi connectivity index (χ3v) is 4.53. The van der Waals surface area contributed by atoms with E-state index in [-0.39, 0.29) is 5.54 Å². The summed E-state index contributed by atoms with van der Waals surface area (Å²) in [5, 5.41) is 3.65. The molecular formula is C18H31N3. The molecule has 0 radical (unpaired) electrons. The number of nitrogens with one attached hydrogen (secondary N) is 1. The molecule has 0 saturated carbocycles. The summed E-state index contributed by atoms with van der Waals surface area (Å²) in [5.74, 6) is 0. The van der Waals surface area contributed by atoms with Crippen molar-refractivity contribution in [3.8, 4) is 0 Å². The van der Waals surface area contributed by atoms with Crippen molar-refractivity contribution in [1.29, 1.82) is 0 Å². The maximum atomic E-state index is 3.65. The molecule has 0 aromatic heterocycles. The Hall–Kier alpha value is -0.900. The summed E-state index contributed by atoms with van der Waals surface area (Å²) in [6.07, 6.45) is 0. The van der Waals surface area contributed by atoms with E-state index in [0.717, 1.165) is 13.1 Å². The summed E-state index contributed by atoms with van der Waals surface area (Å²) < 4.78 is 0. The van der Waals surface area contributed by atoms with Crippen molar-refractivity contribution in [2.45, 2.75) is 39.8 Å². The number of hydrogen-bond acceptors (Lipinski definition) is 3. The van der Waals surface area contributed by atoms with E-state index >= 15 is 0 Å². The van der Waals surface area contributed by atoms with Crippen molar-refractivity contribution in [2.75, 3.05) is 39.8 Å². The van der Waals surface area contributed by atoms with Gasteiger partial charge in [0.15, 0.2) is 0 Å². The molecule has 1 aliphatic rings. The molecule has 2 rings (SSSR count). The summed E-state index contributed by atoms with van der Waals surface area (Å²) in [6, 6.07) is 6.80. The molecule has 0 amide bonds. The van der Waals surface area contributed by atoms with Crippen LogP contribution in [0.25, 0.3) is 0 Å². The van der Waals surface area contributed by atoms with Crippen LogP contribution in [0.5, 0.6) is 0 Å². The van der Waals surface area contributed by atoms with Crippen molar-refractivity contribution in [3.63, 3.8) is 0 Å². The van der Waals surface area contributed by atoms with E-state index in [1.165, 1.54) is 42.9 Å². The number of hydrogen-bond donors (Lipinski definition) is 1. The Kier molecular flexibility index (Phi) is 5.42. The van der Waals surface area contributed by atoms with Crippen LogP contribution in [0.15, 0.2) is 18.2 Å². The van der Waals surface area contributed by atoms with Crippen LogP contribution >= 0.6 is 0 Å². The van der Waals surface area contributed by atoms with E-state index in [2.05, 4.69) is 68.1 Å². The van der Waals surface area contributed by atoms with Crippen LogP contribution in [0.1, 0.15) is 30.5 Å². The first-order chi connectivity index (χ1) is 9.87. The van der Waals surface area contributed by atoms with Gasteiger partial charge in [0.1, 0.15) is 0 Å². The third-order valence-electron chi connectivity index (χ3n) is 4.53. The Morgan fingerprint density at radius 2 is 1.57 bits per heavy atom. The van der Waals surface area contributed by atoms with Crippen LogP contribution in [0.4, 0.5) is 0 Å². The second kappa shape index (κ2) is 6.91. The zero-order chi connectivity index (χ0) is 15.5. The molecule has 1 fully saturated rings. The van der Waals surface area contributed by atoms with Crippen LogP contribution < -0.4 is 5.32 Å². The van der Waals surface area contributed by atoms with Gasteiger partial charge in [-0.1, -0.05) is 29.3 Å². The molecule has 3 nitrogen and oxygen atoms in total. The fourth-order valence-electron chi connectivity index (χ4n) is 3.21. The number of rotatable bonds is 5. The third kappa shape index (κ3) is 4.80. The van der Waals surface area contributed by atoms with E-state index in [1.54, 1.807) is 0 Å². The zero-order valence-electron chi connectivity index (χ0n) is 14.4. The van der Waals surface area contributed by atoms with E-state index < -0.39 is 0 Å². The first kappa shape index (κ1) is 16.5. The Bertz CT molecular complexity index is 439. The molecular weight excluding hydrogens is 258 g/mol. The Morgan fingerprint density at radius 3 is 2.14 bits per heavy atom. The molecule has 1 N–H and O–H groups in total. The van der Waals surface area contributed by atoms with Gasteiger partial charge in [-0.15, -0.1) is 0 Å². The van der Waals surface area contributed by atoms with E-state index in [1.807, 2.05) is 0 Å². The van der Waals surface area contributed by atoms with Gasteiger partial charge in [0.25, 0.3) is 0 Å². The van der Waals surface area contributed by atoms with Gasteiger partial charge in [-0.2, -0.15) is 0 Å². The van der Waals surface area contributed by atoms with E-state index in [9.17, 15) is 0 Å². The largest absolute Gasteiger partial charge is 0.311 e. The van der Waals surface area contributed by atoms with Crippen molar-refractivity contribution < 1.29 is 0 Å². The number of aryl methyl sites for hydroxylation is 2. The highest BCUT2D eigenvalue weighted by molar-refractivity contribution is 5.28. The maximum Gasteiger partial charge on any atom is 0.0278 e. The summed E-state index contributed by atoms with van der Waals surface area (Å²) in [7, 11) is 2.21. The average molecular weight is 289 g/mol. The molecule has 1 saturated heterocycles. The normalized spacial score (nSPS) is 18.1. The first-order valence-electron chi connectivity index (χ1n) is 8.08. The molecule has 1 aromatic carbocycles. The quantitative estimate of drug-likeness (QED) is 0.898. The summed E-state index contributed by atoms with van der Waals surface area (Å²) >= 11 is 0. The van der Waals surface area contributed by atoms with Gasteiger partial charge in [-0.3, -0.25) is 4.90 Å². The maximum absolute atomic E-state index is 3.65. The molecule has 0 unspecified atom stereocenters. The summed E-state index contributed by atoms with van der Waals surface area (Å²) in [5.41, 5.74) is 4.32. The molecule has 0 spiro atoms. The zero-order valence-corrected chi connectivity index (χ0v) is 14.4. The predicted octanol–water partition coefficient (Wildman–Crippen LogP) is 2.42. The second-order valence-electron chi connectivity index (χ2n) is 7.20. The molecule has 1 aromatic rings. The highest BCUT2D eigenvalue weighted by atomic mass is 15.3. The molecule has 21 heavy (non-hydrogen) atoms. The SMILES string of the molecule is Cc1cc(C)cc(CNCC(C)(C)N2CCN(C)CC2)c1. The average Bonchev–Trinajstić information content (AvgIpc) is 2.37. The molecule has 118 valence electrons. The van der Waals surface area contributed by atoms with E-state index in [4.69, 9.17) is 0 Å². The van der Waals surface area contributed by atoms with Crippen LogP contribution in [-0.4, -0.2) is 55.1 Å². The lowest BCUT2D eigenvalue weighted by Gasteiger charge is -2.43. The van der Waals surface area contributed by atoms with Gasteiger partial charge in [-0.25, -0.2) is 0 Å². The number of benzene rings is 1. The first-order valence-corrected chi connectivity index (χ1v) is 8.08. The lowest BCUT2D eigenvalue weighted by Crippen LogP contribution is -2.57. The molecule has 1 aliphatic heterocycles. The van der Waals surface area contributed by atoms with Gasteiger partial charge < -0.3 is 10.2 Å². The Balaban J connectivity index is 1.84. The minimum absolute atomic E-state index is 0.222. The fraction of sp³-hybridized carbons (Fsp3) is 0.667. The van der Waals surface area contributed by atoms with Gasteiger partial charge in [0, 0.05) is 44.8 Å². The van der Waals surface area contributed by atoms with Crippen LogP contribution in [0.3, 0.4) is 0 Å². The number of likely N-dealkylation sites (N-methyl/N-ethyl adjacent to an activating group) is 1. The molecule has 3 heteroatoms. The number of piperazine rings is 1. The van der Waals surface area contributed by atoms with Crippen molar-refractivity contribution in [1.82, 2.24) is 15.1 Å². The fourth-order valence-corrected chi connectivity index (χ4v) is 3.21. The van der Waals surface area contributed by atoms with Crippen LogP contribution in [-0.2, 0) is 6.54 Å². The van der Waals surface area contributed by atoms with Gasteiger partial charge in [0.2, 0.25) is 0 Å². The molecule has 1 heterocycles. The van der Waals surface area contributed by atoms with Gasteiger partial charge in [0.05, 0.1) is 0 Å². The minimum Gasteiger partial charge on any atom is -0.311 e. The molecule has 0 bridgehead atoms. The minimum atomic E-state index is 0.222. The Morgan fingerprint density at radius 1 is 1.00 bits per heavy atom. The van der Waals surface area contributed by atoms with Crippen LogP contribution in [0.2, 0.25) is 0 Å². The monoisotopic (exact) mass is 289 g/mol. The van der Waals surface area contributed by atoms with E-state index in [0.29, 0.717) is 0 Å². The second-order valence-corrected chi connectivity index (χ2v) is 7.20. The smallest absolute Gasteiger partial charge is 0.0278 e. The summed E-state index contributed by atoms with van der Waals surface area (Å²) in [6.45, 7) is 15.8. The highest BCUT2D eigenvalue weighted by Crippen LogP contribution is 2.16. The lowest BCUT2D eigenvalue weighted by molar-refractivity contribution is 0.0618. The molecule has 0 atom stereocenters. The van der Waals surface area contributed by atoms with Gasteiger partial charge >= 0.3 is 0 Å². The topological polar surface area (TPSA) is 18.5 Å². The lowest BCUT2D eigenvalue weighted by atomic mass is 10.0. The Labute approximate surface area is 130 Å². The van der Waals surface area contributed by atoms with Crippen LogP contribution in [0, 0.1) is 13.8 Å². The van der Waals surface area contributed by atoms with Crippen molar-refractivity contribution in [2.24, 2.45) is 0 Å². The highest BCUT2D eigenvalue weighted by Gasteiger charge is 2.28. The predicted molar refractivity (Wildman–Crippen MR) is 90.8 cm³/mol. The van der Waals surface area contributed by atoms with Crippen molar-refractivity contribution in [3.05, 3.63) is 34.9 Å². The van der Waals surface area contributed by atoms with Crippen molar-refractivity contribution >= 4 is 0 Å².